The molecule has 0 unspecified atom stereocenters. The van der Waals surface area contributed by atoms with Gasteiger partial charge < -0.3 is 0 Å². The van der Waals surface area contributed by atoms with Gasteiger partial charge in [-0.25, -0.2) is 0 Å². The van der Waals surface area contributed by atoms with Gasteiger partial charge in [0.15, 0.2) is 0 Å². The molecule has 0 rings (SSSR count). The van der Waals surface area contributed by atoms with E-state index in [0.717, 1.165) is 0 Å². The summed E-state index contributed by atoms with van der Waals surface area (Å²) in [6, 6.07) is 0. The molecule has 0 aromatic heterocycles. The van der Waals surface area contributed by atoms with Crippen molar-refractivity contribution in [2.45, 2.75) is 13.8 Å². The van der Waals surface area contributed by atoms with Gasteiger partial charge in [-0.1, -0.05) is 13.8 Å². The molecule has 0 atom stereocenters. The summed E-state index contributed by atoms with van der Waals surface area (Å²) in [6.45, 7) is 4.35. The van der Waals surface area contributed by atoms with Gasteiger partial charge in [0, 0.05) is 0 Å². The van der Waals surface area contributed by atoms with E-state index >= 15 is 0 Å². The zero-order chi connectivity index (χ0) is 11.3. The molecule has 0 aliphatic heterocycles. The number of hydrogen-bond acceptors (Lipinski definition) is 1. The van der Waals surface area contributed by atoms with Gasteiger partial charge in [0.25, 0.3) is 0 Å². The SMILES string of the molecule is CCSCC.[I][V]([I])[I].[I][V]([I])[I]. The first-order chi connectivity index (χ1) is 5.88. The van der Waals surface area contributed by atoms with Crippen LogP contribution in [0.1, 0.15) is 13.8 Å². The number of hydrogen-bond donors (Lipinski definition) is 0. The Labute approximate surface area is 162 Å². The first kappa shape index (κ1) is 24.0. The fraction of sp³-hybridized carbons (Fsp3) is 1.00. The molecule has 0 aliphatic carbocycles. The van der Waals surface area contributed by atoms with E-state index in [0.29, 0.717) is 0 Å². The van der Waals surface area contributed by atoms with Gasteiger partial charge in [-0.2, -0.15) is 11.8 Å². The topological polar surface area (TPSA) is 0 Å². The van der Waals surface area contributed by atoms with Crippen LogP contribution in [0.25, 0.3) is 0 Å². The normalized spacial score (nSPS) is 8.77. The van der Waals surface area contributed by atoms with Crippen LogP contribution in [-0.4, -0.2) is 11.5 Å². The number of thioether (sulfide) groups is 1. The molecule has 0 saturated carbocycles. The van der Waals surface area contributed by atoms with Crippen LogP contribution in [0.3, 0.4) is 0 Å². The molecule has 0 aromatic rings. The van der Waals surface area contributed by atoms with Gasteiger partial charge >= 0.3 is 130 Å². The van der Waals surface area contributed by atoms with E-state index in [2.05, 4.69) is 134 Å². The van der Waals surface area contributed by atoms with Crippen LogP contribution in [-0.2, 0) is 9.84 Å². The summed E-state index contributed by atoms with van der Waals surface area (Å²) in [5.41, 5.74) is 0. The van der Waals surface area contributed by atoms with E-state index in [-0.39, 0.29) is 9.84 Å². The predicted molar refractivity (Wildman–Crippen MR) is 113 cm³/mol. The summed E-state index contributed by atoms with van der Waals surface area (Å²) in [6.07, 6.45) is 0. The maximum atomic E-state index is 2.46. The van der Waals surface area contributed by atoms with Crippen LogP contribution in [0.15, 0.2) is 0 Å². The van der Waals surface area contributed by atoms with Crippen molar-refractivity contribution in [2.24, 2.45) is 0 Å². The third-order valence-corrected chi connectivity index (χ3v) is 1.22. The number of rotatable bonds is 2. The van der Waals surface area contributed by atoms with E-state index in [9.17, 15) is 0 Å². The second-order valence-electron chi connectivity index (χ2n) is 1.16. The summed E-state index contributed by atoms with van der Waals surface area (Å²) in [5, 5.41) is 0. The van der Waals surface area contributed by atoms with E-state index in [1.807, 2.05) is 11.8 Å². The Kier molecular flexibility index (Phi) is 42.4. The van der Waals surface area contributed by atoms with Gasteiger partial charge in [-0.05, 0) is 11.5 Å². The van der Waals surface area contributed by atoms with Gasteiger partial charge in [0.1, 0.15) is 0 Å². The molecule has 0 radical (unpaired) electrons. The number of halogens is 6. The molecule has 0 fully saturated rings. The maximum absolute atomic E-state index is 2.46. The van der Waals surface area contributed by atoms with Gasteiger partial charge in [0.05, 0.1) is 0 Å². The van der Waals surface area contributed by atoms with Crippen LogP contribution < -0.4 is 0 Å². The van der Waals surface area contributed by atoms with Crippen molar-refractivity contribution in [3.05, 3.63) is 0 Å². The Hall–Kier alpha value is 5.90. The summed E-state index contributed by atoms with van der Waals surface area (Å²) in [4.78, 5) is -0.555. The second kappa shape index (κ2) is 23.0. The van der Waals surface area contributed by atoms with Crippen molar-refractivity contribution in [3.63, 3.8) is 0 Å². The Balaban J connectivity index is -0.000000117. The molecule has 0 nitrogen and oxygen atoms in total. The van der Waals surface area contributed by atoms with Gasteiger partial charge in [-0.15, -0.1) is 0 Å². The minimum atomic E-state index is -0.278. The summed E-state index contributed by atoms with van der Waals surface area (Å²) < 4.78 is 0. The Morgan fingerprint density at radius 3 is 0.923 bits per heavy atom. The first-order valence-electron chi connectivity index (χ1n) is 3.01. The van der Waals surface area contributed by atoms with Crippen molar-refractivity contribution in [2.75, 3.05) is 11.5 Å². The van der Waals surface area contributed by atoms with Crippen molar-refractivity contribution < 1.29 is 9.84 Å². The van der Waals surface area contributed by atoms with Crippen LogP contribution in [0.4, 0.5) is 0 Å². The molecular formula is C4H10I6SV2. The van der Waals surface area contributed by atoms with Crippen LogP contribution >= 0.6 is 132 Å². The van der Waals surface area contributed by atoms with E-state index in [4.69, 9.17) is 0 Å². The standard InChI is InChI=1S/C4H10S.6HI.2V/c1-3-5-4-2;;;;;;;;/h3-4H2,1-2H3;6*1H;;/q;;;;;;;2*+3/p-6. The van der Waals surface area contributed by atoms with Crippen LogP contribution in [0.5, 0.6) is 0 Å². The Morgan fingerprint density at radius 1 is 0.769 bits per heavy atom. The van der Waals surface area contributed by atoms with Gasteiger partial charge in [0.2, 0.25) is 0 Å². The quantitative estimate of drug-likeness (QED) is 0.268. The molecule has 0 saturated heterocycles. The summed E-state index contributed by atoms with van der Waals surface area (Å²) in [7, 11) is 0. The third kappa shape index (κ3) is 72.5. The molecule has 0 bridgehead atoms. The Morgan fingerprint density at radius 2 is 0.923 bits per heavy atom. The molecule has 0 spiro atoms. The molecular weight excluding hydrogens is 943 g/mol. The molecule has 84 valence electrons. The molecule has 0 aromatic carbocycles. The van der Waals surface area contributed by atoms with Gasteiger partial charge in [-0.3, -0.25) is 0 Å². The zero-order valence-corrected chi connectivity index (χ0v) is 23.5. The predicted octanol–water partition coefficient (Wildman–Crippen LogP) is 7.07. The van der Waals surface area contributed by atoms with Crippen LogP contribution in [0.2, 0.25) is 0 Å². The average molecular weight is 954 g/mol. The van der Waals surface area contributed by atoms with Crippen molar-refractivity contribution in [1.82, 2.24) is 0 Å². The van der Waals surface area contributed by atoms with Crippen molar-refractivity contribution >= 4 is 132 Å². The average Bonchev–Trinajstić information content (AvgIpc) is 1.86. The molecule has 0 heterocycles. The molecule has 9 heteroatoms. The van der Waals surface area contributed by atoms with E-state index in [1.54, 1.807) is 0 Å². The van der Waals surface area contributed by atoms with Crippen molar-refractivity contribution in [3.8, 4) is 0 Å². The molecule has 13 heavy (non-hydrogen) atoms. The first-order valence-corrected chi connectivity index (χ1v) is 31.2. The minimum absolute atomic E-state index is 0.278. The fourth-order valence-corrected chi connectivity index (χ4v) is 0.612. The van der Waals surface area contributed by atoms with Crippen molar-refractivity contribution in [1.29, 1.82) is 0 Å². The van der Waals surface area contributed by atoms with E-state index < -0.39 is 0 Å². The second-order valence-corrected chi connectivity index (χ2v) is 73.5. The fourth-order valence-electron chi connectivity index (χ4n) is 0.204. The molecule has 0 amide bonds. The molecule has 0 N–H and O–H groups in total. The van der Waals surface area contributed by atoms with E-state index in [1.165, 1.54) is 11.5 Å². The Bertz CT molecular complexity index is 62.1. The molecule has 0 aliphatic rings. The monoisotopic (exact) mass is 953 g/mol. The zero-order valence-electron chi connectivity index (χ0n) is 6.98. The summed E-state index contributed by atoms with van der Waals surface area (Å²) >= 11 is 16.7. The van der Waals surface area contributed by atoms with Crippen LogP contribution in [0, 0.1) is 0 Å². The third-order valence-electron chi connectivity index (χ3n) is 0.408. The summed E-state index contributed by atoms with van der Waals surface area (Å²) in [5.74, 6) is 2.52.